The molecule has 1 aromatic carbocycles. The minimum Gasteiger partial charge on any atom is -0.370 e. The predicted molar refractivity (Wildman–Crippen MR) is 147 cm³/mol. The van der Waals surface area contributed by atoms with Crippen molar-refractivity contribution >= 4 is 40.8 Å². The summed E-state index contributed by atoms with van der Waals surface area (Å²) in [5, 5.41) is 4.83. The topological polar surface area (TPSA) is 190 Å². The Labute approximate surface area is 230 Å². The van der Waals surface area contributed by atoms with Crippen molar-refractivity contribution < 1.29 is 19.2 Å². The number of nitrogens with one attached hydrogen (secondary N) is 1. The number of carbonyl (C=O) groups excluding carboxylic acids is 4. The summed E-state index contributed by atoms with van der Waals surface area (Å²) >= 11 is 1.20. The number of Topliss-reactive ketones (excluding diaryl/α,β-unsaturated/α-hetero) is 1. The zero-order valence-corrected chi connectivity index (χ0v) is 22.4. The molecule has 4 rings (SSSR count). The molecule has 3 heterocycles. The fourth-order valence-electron chi connectivity index (χ4n) is 5.15. The van der Waals surface area contributed by atoms with Gasteiger partial charge >= 0.3 is 0 Å². The van der Waals surface area contributed by atoms with Crippen LogP contribution in [0.1, 0.15) is 41.0 Å². The van der Waals surface area contributed by atoms with Crippen LogP contribution in [0.3, 0.4) is 0 Å². The molecule has 2 saturated heterocycles. The zero-order chi connectivity index (χ0) is 27.9. The van der Waals surface area contributed by atoms with Crippen LogP contribution in [0.15, 0.2) is 46.9 Å². The lowest BCUT2D eigenvalue weighted by Gasteiger charge is -2.40. The molecule has 4 atom stereocenters. The van der Waals surface area contributed by atoms with Gasteiger partial charge in [-0.15, -0.1) is 11.3 Å². The van der Waals surface area contributed by atoms with Gasteiger partial charge in [-0.2, -0.15) is 0 Å². The number of benzene rings is 1. The molecule has 39 heavy (non-hydrogen) atoms. The van der Waals surface area contributed by atoms with Crippen LogP contribution in [-0.4, -0.2) is 88.0 Å². The molecule has 12 nitrogen and oxygen atoms in total. The van der Waals surface area contributed by atoms with E-state index in [9.17, 15) is 19.2 Å². The van der Waals surface area contributed by atoms with Crippen molar-refractivity contribution in [2.75, 3.05) is 19.6 Å². The maximum absolute atomic E-state index is 13.4. The van der Waals surface area contributed by atoms with E-state index in [1.54, 1.807) is 10.3 Å². The number of carbonyl (C=O) groups is 4. The molecular weight excluding hydrogens is 520 g/mol. The lowest BCUT2D eigenvalue weighted by molar-refractivity contribution is -0.151. The molecule has 3 amide bonds. The third-order valence-corrected chi connectivity index (χ3v) is 7.79. The molecule has 208 valence electrons. The number of aromatic nitrogens is 1. The van der Waals surface area contributed by atoms with Gasteiger partial charge in [0.15, 0.2) is 11.0 Å². The van der Waals surface area contributed by atoms with E-state index in [1.165, 1.54) is 22.4 Å². The van der Waals surface area contributed by atoms with Crippen molar-refractivity contribution in [3.05, 3.63) is 52.5 Å². The van der Waals surface area contributed by atoms with Gasteiger partial charge in [0.05, 0.1) is 24.7 Å². The quantitative estimate of drug-likeness (QED) is 0.125. The van der Waals surface area contributed by atoms with E-state index in [0.717, 1.165) is 5.56 Å². The van der Waals surface area contributed by atoms with Crippen LogP contribution in [0.5, 0.6) is 0 Å². The minimum atomic E-state index is -0.828. The van der Waals surface area contributed by atoms with E-state index >= 15 is 0 Å². The maximum atomic E-state index is 13.4. The molecule has 0 saturated carbocycles. The highest BCUT2D eigenvalue weighted by atomic mass is 32.1. The number of fused-ring (bicyclic) bond motifs is 1. The highest BCUT2D eigenvalue weighted by Gasteiger charge is 2.46. The normalized spacial score (nSPS) is 20.2. The van der Waals surface area contributed by atoms with Gasteiger partial charge in [0.25, 0.3) is 0 Å². The van der Waals surface area contributed by atoms with Crippen molar-refractivity contribution in [2.24, 2.45) is 22.2 Å². The smallest absolute Gasteiger partial charge is 0.243 e. The van der Waals surface area contributed by atoms with Crippen LogP contribution >= 0.6 is 11.3 Å². The first-order chi connectivity index (χ1) is 18.7. The monoisotopic (exact) mass is 554 g/mol. The second kappa shape index (κ2) is 12.8. The fourth-order valence-corrected chi connectivity index (χ4v) is 5.78. The number of thiazole rings is 1. The summed E-state index contributed by atoms with van der Waals surface area (Å²) in [6.45, 7) is 0.491. The van der Waals surface area contributed by atoms with Gasteiger partial charge < -0.3 is 32.3 Å². The summed E-state index contributed by atoms with van der Waals surface area (Å²) < 4.78 is 0. The molecule has 1 aromatic heterocycles. The Morgan fingerprint density at radius 1 is 1.18 bits per heavy atom. The third kappa shape index (κ3) is 6.98. The Morgan fingerprint density at radius 3 is 2.64 bits per heavy atom. The lowest BCUT2D eigenvalue weighted by atomic mass is 10.0. The van der Waals surface area contributed by atoms with Crippen molar-refractivity contribution in [2.45, 2.75) is 56.3 Å². The van der Waals surface area contributed by atoms with Crippen LogP contribution in [0.2, 0.25) is 0 Å². The number of piperazine rings is 1. The van der Waals surface area contributed by atoms with Crippen LogP contribution in [0, 0.1) is 0 Å². The van der Waals surface area contributed by atoms with Gasteiger partial charge in [-0.1, -0.05) is 30.3 Å². The largest absolute Gasteiger partial charge is 0.370 e. The molecule has 2 aliphatic heterocycles. The Hall–Kier alpha value is -3.84. The van der Waals surface area contributed by atoms with Gasteiger partial charge in [-0.05, 0) is 37.7 Å². The first kappa shape index (κ1) is 28.2. The summed E-state index contributed by atoms with van der Waals surface area (Å²) in [6.07, 6.45) is 3.69. The molecular formula is C26H34N8O4S. The van der Waals surface area contributed by atoms with Gasteiger partial charge in [0, 0.05) is 24.7 Å². The van der Waals surface area contributed by atoms with Gasteiger partial charge in [-0.25, -0.2) is 4.98 Å². The molecule has 0 bridgehead atoms. The Balaban J connectivity index is 1.38. The number of hydrogen-bond donors (Lipinski definition) is 4. The predicted octanol–water partition coefficient (Wildman–Crippen LogP) is -0.364. The number of aliphatic imine (C=N–C) groups is 1. The Morgan fingerprint density at radius 2 is 1.95 bits per heavy atom. The molecule has 2 fully saturated rings. The molecule has 2 aromatic rings. The second-order valence-electron chi connectivity index (χ2n) is 9.77. The lowest BCUT2D eigenvalue weighted by Crippen LogP contribution is -2.62. The van der Waals surface area contributed by atoms with Crippen LogP contribution in [0.25, 0.3) is 0 Å². The van der Waals surface area contributed by atoms with Crippen molar-refractivity contribution in [1.82, 2.24) is 20.1 Å². The highest BCUT2D eigenvalue weighted by molar-refractivity contribution is 7.11. The number of guanidine groups is 1. The molecule has 13 heteroatoms. The molecule has 2 aliphatic rings. The first-order valence-corrected chi connectivity index (χ1v) is 13.8. The van der Waals surface area contributed by atoms with Crippen LogP contribution < -0.4 is 22.5 Å². The molecule has 0 aliphatic carbocycles. The molecule has 7 N–H and O–H groups in total. The van der Waals surface area contributed by atoms with Gasteiger partial charge in [0.2, 0.25) is 23.5 Å². The average molecular weight is 555 g/mol. The Kier molecular flexibility index (Phi) is 9.25. The third-order valence-electron chi connectivity index (χ3n) is 7.00. The van der Waals surface area contributed by atoms with Crippen LogP contribution in [0.4, 0.5) is 0 Å². The van der Waals surface area contributed by atoms with Crippen molar-refractivity contribution in [1.29, 1.82) is 0 Å². The fraction of sp³-hybridized carbons (Fsp3) is 0.462. The van der Waals surface area contributed by atoms with E-state index in [1.807, 2.05) is 30.3 Å². The summed E-state index contributed by atoms with van der Waals surface area (Å²) in [5.74, 6) is -1.33. The van der Waals surface area contributed by atoms with Crippen LogP contribution in [-0.2, 0) is 20.8 Å². The number of rotatable bonds is 11. The highest BCUT2D eigenvalue weighted by Crippen LogP contribution is 2.29. The van der Waals surface area contributed by atoms with Crippen molar-refractivity contribution in [3.8, 4) is 0 Å². The minimum absolute atomic E-state index is 0.0454. The molecule has 0 radical (unpaired) electrons. The maximum Gasteiger partial charge on any atom is 0.243 e. The second-order valence-corrected chi connectivity index (χ2v) is 10.7. The standard InChI is InChI=1S/C26H34N8O4S/c27-18(13-16-5-2-1-3-6-16)25(38)33-14-17-8-9-20(34(17)21(35)15-33)23(37)32-19(7-4-10-31-26(28)29)22(36)24-30-11-12-39-24/h1-3,5-6,11-12,17-20H,4,7-10,13-15,27H2,(H,32,37)(H4,28,29,31)/t17-,18-,19?,20?/m0/s1. The average Bonchev–Trinajstić information content (AvgIpc) is 3.61. The number of hydrogen-bond acceptors (Lipinski definition) is 8. The van der Waals surface area contributed by atoms with Gasteiger partial charge in [-0.3, -0.25) is 24.2 Å². The Bertz CT molecular complexity index is 1200. The number of nitrogens with zero attached hydrogens (tertiary/aromatic N) is 4. The number of nitrogens with two attached hydrogens (primary N) is 3. The molecule has 2 unspecified atom stereocenters. The number of amides is 3. The van der Waals surface area contributed by atoms with Gasteiger partial charge in [0.1, 0.15) is 6.04 Å². The van der Waals surface area contributed by atoms with E-state index in [4.69, 9.17) is 17.2 Å². The zero-order valence-electron chi connectivity index (χ0n) is 21.6. The van der Waals surface area contributed by atoms with E-state index in [2.05, 4.69) is 15.3 Å². The van der Waals surface area contributed by atoms with Crippen molar-refractivity contribution in [3.63, 3.8) is 0 Å². The van der Waals surface area contributed by atoms with E-state index in [-0.39, 0.29) is 36.1 Å². The summed E-state index contributed by atoms with van der Waals surface area (Å²) in [4.78, 5) is 63.7. The summed E-state index contributed by atoms with van der Waals surface area (Å²) in [6, 6.07) is 6.88. The summed E-state index contributed by atoms with van der Waals surface area (Å²) in [7, 11) is 0. The summed E-state index contributed by atoms with van der Waals surface area (Å²) in [5.41, 5.74) is 17.9. The SMILES string of the molecule is NC(N)=NCCCC(NC(=O)C1CC[C@H]2CN(C(=O)[C@@H](N)Cc3ccccc3)CC(=O)N12)C(=O)c1nccs1. The van der Waals surface area contributed by atoms with E-state index in [0.29, 0.717) is 50.2 Å². The van der Waals surface area contributed by atoms with E-state index < -0.39 is 24.0 Å². The molecule has 0 spiro atoms. The number of ketones is 1. The first-order valence-electron chi connectivity index (χ1n) is 12.9.